The molecule has 2 aromatic rings. The van der Waals surface area contributed by atoms with Gasteiger partial charge in [0.05, 0.1) is 12.1 Å². The van der Waals surface area contributed by atoms with Gasteiger partial charge in [-0.05, 0) is 33.7 Å². The zero-order chi connectivity index (χ0) is 20.1. The molecule has 0 bridgehead atoms. The Morgan fingerprint density at radius 2 is 2.00 bits per heavy atom. The Bertz CT molecular complexity index is 773. The molecule has 0 atom stereocenters. The Morgan fingerprint density at radius 3 is 2.68 bits per heavy atom. The monoisotopic (exact) mass is 407 g/mol. The lowest BCUT2D eigenvalue weighted by atomic mass is 10.2. The molecule has 1 N–H and O–H groups in total. The highest BCUT2D eigenvalue weighted by atomic mass is 32.1. The van der Waals surface area contributed by atoms with Crippen LogP contribution < -0.4 is 5.32 Å². The molecule has 0 radical (unpaired) electrons. The second-order valence-electron chi connectivity index (χ2n) is 8.01. The van der Waals surface area contributed by atoms with Gasteiger partial charge in [-0.1, -0.05) is 0 Å². The number of imidazole rings is 1. The number of amides is 2. The lowest BCUT2D eigenvalue weighted by Crippen LogP contribution is -2.50. The number of carbonyl (C=O) groups is 2. The highest BCUT2D eigenvalue weighted by Crippen LogP contribution is 2.13. The second kappa shape index (κ2) is 8.91. The van der Waals surface area contributed by atoms with Crippen LogP contribution in [-0.4, -0.2) is 76.1 Å². The van der Waals surface area contributed by atoms with E-state index in [2.05, 4.69) is 15.2 Å². The average Bonchev–Trinajstić information content (AvgIpc) is 3.19. The molecule has 2 amide bonds. The number of piperazine rings is 1. The molecule has 1 aliphatic rings. The number of nitrogens with one attached hydrogen (secondary N) is 1. The molecular formula is C19H29N5O3S. The van der Waals surface area contributed by atoms with Crippen LogP contribution in [0.1, 0.15) is 32.9 Å². The fourth-order valence-corrected chi connectivity index (χ4v) is 3.82. The van der Waals surface area contributed by atoms with Crippen LogP contribution in [0, 0.1) is 0 Å². The normalized spacial score (nSPS) is 15.8. The van der Waals surface area contributed by atoms with Crippen LogP contribution in [-0.2, 0) is 16.0 Å². The lowest BCUT2D eigenvalue weighted by molar-refractivity contribution is -0.120. The Labute approximate surface area is 169 Å². The molecule has 0 unspecified atom stereocenters. The summed E-state index contributed by atoms with van der Waals surface area (Å²) in [5, 5.41) is 4.94. The van der Waals surface area contributed by atoms with E-state index in [1.807, 2.05) is 42.9 Å². The number of thiazole rings is 1. The van der Waals surface area contributed by atoms with Crippen molar-refractivity contribution >= 4 is 28.3 Å². The minimum absolute atomic E-state index is 0.000461. The summed E-state index contributed by atoms with van der Waals surface area (Å²) in [4.78, 5) is 33.6. The molecule has 8 nitrogen and oxygen atoms in total. The Hall–Kier alpha value is -2.13. The van der Waals surface area contributed by atoms with Gasteiger partial charge in [0, 0.05) is 50.5 Å². The molecule has 0 aliphatic carbocycles. The van der Waals surface area contributed by atoms with Crippen LogP contribution in [0.15, 0.2) is 17.8 Å². The van der Waals surface area contributed by atoms with Gasteiger partial charge in [-0.15, -0.1) is 11.3 Å². The number of aromatic nitrogens is 2. The van der Waals surface area contributed by atoms with Gasteiger partial charge < -0.3 is 15.0 Å². The zero-order valence-corrected chi connectivity index (χ0v) is 17.6. The predicted molar refractivity (Wildman–Crippen MR) is 109 cm³/mol. The molecule has 0 saturated carbocycles. The van der Waals surface area contributed by atoms with E-state index in [9.17, 15) is 9.59 Å². The van der Waals surface area contributed by atoms with Crippen molar-refractivity contribution in [1.29, 1.82) is 0 Å². The van der Waals surface area contributed by atoms with Gasteiger partial charge in [-0.2, -0.15) is 0 Å². The summed E-state index contributed by atoms with van der Waals surface area (Å²) in [5.41, 5.74) is 0.334. The molecular weight excluding hydrogens is 378 g/mol. The first kappa shape index (κ1) is 20.6. The van der Waals surface area contributed by atoms with Gasteiger partial charge in [0.15, 0.2) is 4.96 Å². The molecule has 1 aliphatic heterocycles. The summed E-state index contributed by atoms with van der Waals surface area (Å²) in [6.07, 6.45) is 4.80. The SMILES string of the molecule is CC(C)(C)OC(=O)N1CCN(CCCNC(=O)Cc2cn3ccsc3n2)CC1. The average molecular weight is 408 g/mol. The Balaban J connectivity index is 1.29. The smallest absolute Gasteiger partial charge is 0.410 e. The number of nitrogens with zero attached hydrogens (tertiary/aromatic N) is 4. The van der Waals surface area contributed by atoms with Crippen molar-refractivity contribution < 1.29 is 14.3 Å². The van der Waals surface area contributed by atoms with Crippen LogP contribution in [0.5, 0.6) is 0 Å². The summed E-state index contributed by atoms with van der Waals surface area (Å²) in [6.45, 7) is 10.2. The third kappa shape index (κ3) is 5.93. The van der Waals surface area contributed by atoms with Crippen LogP contribution >= 0.6 is 11.3 Å². The van der Waals surface area contributed by atoms with Crippen LogP contribution in [0.4, 0.5) is 4.79 Å². The first-order valence-electron chi connectivity index (χ1n) is 9.68. The molecule has 2 aromatic heterocycles. The van der Waals surface area contributed by atoms with Gasteiger partial charge in [0.2, 0.25) is 5.91 Å². The van der Waals surface area contributed by atoms with E-state index in [4.69, 9.17) is 4.74 Å². The molecule has 3 heterocycles. The van der Waals surface area contributed by atoms with Crippen LogP contribution in [0.2, 0.25) is 0 Å². The van der Waals surface area contributed by atoms with Crippen molar-refractivity contribution in [3.05, 3.63) is 23.5 Å². The number of fused-ring (bicyclic) bond motifs is 1. The van der Waals surface area contributed by atoms with E-state index in [-0.39, 0.29) is 12.0 Å². The van der Waals surface area contributed by atoms with Gasteiger partial charge in [-0.3, -0.25) is 14.1 Å². The van der Waals surface area contributed by atoms with Crippen LogP contribution in [0.25, 0.3) is 4.96 Å². The van der Waals surface area contributed by atoms with Gasteiger partial charge in [-0.25, -0.2) is 9.78 Å². The zero-order valence-electron chi connectivity index (χ0n) is 16.8. The fraction of sp³-hybridized carbons (Fsp3) is 0.632. The number of rotatable bonds is 6. The van der Waals surface area contributed by atoms with Crippen molar-refractivity contribution in [3.63, 3.8) is 0 Å². The largest absolute Gasteiger partial charge is 0.444 e. The maximum atomic E-state index is 12.1. The maximum Gasteiger partial charge on any atom is 0.410 e. The van der Waals surface area contributed by atoms with E-state index >= 15 is 0 Å². The fourth-order valence-electron chi connectivity index (χ4n) is 3.10. The minimum Gasteiger partial charge on any atom is -0.444 e. The highest BCUT2D eigenvalue weighted by Gasteiger charge is 2.25. The lowest BCUT2D eigenvalue weighted by Gasteiger charge is -2.35. The summed E-state index contributed by atoms with van der Waals surface area (Å²) in [6, 6.07) is 0. The third-order valence-electron chi connectivity index (χ3n) is 4.48. The number of ether oxygens (including phenoxy) is 1. The van der Waals surface area contributed by atoms with E-state index in [1.165, 1.54) is 0 Å². The van der Waals surface area contributed by atoms with Crippen molar-refractivity contribution in [2.75, 3.05) is 39.3 Å². The van der Waals surface area contributed by atoms with Crippen molar-refractivity contribution in [2.24, 2.45) is 0 Å². The molecule has 1 fully saturated rings. The molecule has 154 valence electrons. The molecule has 3 rings (SSSR count). The number of carbonyl (C=O) groups excluding carboxylic acids is 2. The number of hydrogen-bond acceptors (Lipinski definition) is 6. The number of hydrogen-bond donors (Lipinski definition) is 1. The van der Waals surface area contributed by atoms with E-state index in [1.54, 1.807) is 16.2 Å². The molecule has 9 heteroatoms. The predicted octanol–water partition coefficient (Wildman–Crippen LogP) is 2.00. The highest BCUT2D eigenvalue weighted by molar-refractivity contribution is 7.15. The molecule has 1 saturated heterocycles. The van der Waals surface area contributed by atoms with Crippen molar-refractivity contribution in [1.82, 2.24) is 24.5 Å². The maximum absolute atomic E-state index is 12.1. The Kier molecular flexibility index (Phi) is 6.56. The molecule has 0 aromatic carbocycles. The van der Waals surface area contributed by atoms with E-state index in [0.29, 0.717) is 26.1 Å². The van der Waals surface area contributed by atoms with Gasteiger partial charge in [0.1, 0.15) is 5.60 Å². The van der Waals surface area contributed by atoms with E-state index < -0.39 is 5.60 Å². The van der Waals surface area contributed by atoms with Gasteiger partial charge >= 0.3 is 6.09 Å². The van der Waals surface area contributed by atoms with E-state index in [0.717, 1.165) is 36.7 Å². The summed E-state index contributed by atoms with van der Waals surface area (Å²) in [5.74, 6) is 0.000461. The third-order valence-corrected chi connectivity index (χ3v) is 5.25. The van der Waals surface area contributed by atoms with Crippen molar-refractivity contribution in [2.45, 2.75) is 39.2 Å². The minimum atomic E-state index is -0.460. The quantitative estimate of drug-likeness (QED) is 0.741. The first-order valence-corrected chi connectivity index (χ1v) is 10.6. The summed E-state index contributed by atoms with van der Waals surface area (Å²) < 4.78 is 7.35. The van der Waals surface area contributed by atoms with Crippen LogP contribution in [0.3, 0.4) is 0 Å². The summed E-state index contributed by atoms with van der Waals surface area (Å²) >= 11 is 1.56. The summed E-state index contributed by atoms with van der Waals surface area (Å²) in [7, 11) is 0. The first-order chi connectivity index (χ1) is 13.3. The van der Waals surface area contributed by atoms with Gasteiger partial charge in [0.25, 0.3) is 0 Å². The molecule has 28 heavy (non-hydrogen) atoms. The standard InChI is InChI=1S/C19H29N5O3S/c1-19(2,3)27-18(26)23-9-7-22(8-10-23)6-4-5-20-16(25)13-15-14-24-11-12-28-17(24)21-15/h11-12,14H,4-10,13H2,1-3H3,(H,20,25). The Morgan fingerprint density at radius 1 is 1.25 bits per heavy atom. The second-order valence-corrected chi connectivity index (χ2v) is 8.89. The van der Waals surface area contributed by atoms with Crippen molar-refractivity contribution in [3.8, 4) is 0 Å². The molecule has 0 spiro atoms. The topological polar surface area (TPSA) is 79.2 Å².